The summed E-state index contributed by atoms with van der Waals surface area (Å²) in [4.78, 5) is 26.2. The smallest absolute Gasteiger partial charge is 0.335 e. The largest absolute Gasteiger partial charge is 0.470 e. The Balaban J connectivity index is 2.43. The van der Waals surface area contributed by atoms with E-state index in [1.165, 1.54) is 16.8 Å². The van der Waals surface area contributed by atoms with Crippen LogP contribution in [0.1, 0.15) is 48.5 Å². The quantitative estimate of drug-likeness (QED) is 0.620. The topological polar surface area (TPSA) is 82.6 Å². The molecule has 1 aromatic heterocycles. The minimum Gasteiger partial charge on any atom is -0.470 e. The molecule has 2 rings (SSSR count). The summed E-state index contributed by atoms with van der Waals surface area (Å²) in [6.07, 6.45) is 0.761. The zero-order valence-electron chi connectivity index (χ0n) is 21.0. The first-order valence-corrected chi connectivity index (χ1v) is 16.7. The molecule has 0 fully saturated rings. The van der Waals surface area contributed by atoms with Crippen molar-refractivity contribution in [1.29, 1.82) is 0 Å². The molecule has 0 spiro atoms. The predicted molar refractivity (Wildman–Crippen MR) is 130 cm³/mol. The molecule has 2 heterocycles. The number of H-pyrrole nitrogens is 1. The van der Waals surface area contributed by atoms with Gasteiger partial charge in [0, 0.05) is 17.8 Å². The molecule has 0 radical (unpaired) electrons. The monoisotopic (exact) mass is 468 g/mol. The van der Waals surface area contributed by atoms with Crippen LogP contribution in [0.15, 0.2) is 27.4 Å². The van der Waals surface area contributed by atoms with Gasteiger partial charge in [-0.15, -0.1) is 0 Å². The van der Waals surface area contributed by atoms with E-state index in [0.717, 1.165) is 5.57 Å². The van der Waals surface area contributed by atoms with Crippen LogP contribution in [0.4, 0.5) is 0 Å². The molecule has 0 saturated heterocycles. The van der Waals surface area contributed by atoms with Gasteiger partial charge in [-0.3, -0.25) is 9.78 Å². The van der Waals surface area contributed by atoms with Crippen molar-refractivity contribution in [2.24, 2.45) is 0 Å². The SMILES string of the molecule is CC1=C(n2ccc(=O)[nH]c2=O)O[C@H](CO[Si](C)(C)C(C)(C)C)[C@H]1O[Si](C)(C)C(C)(C)C. The number of rotatable bonds is 6. The zero-order valence-corrected chi connectivity index (χ0v) is 23.0. The third kappa shape index (κ3) is 5.50. The molecule has 1 N–H and O–H groups in total. The van der Waals surface area contributed by atoms with Crippen LogP contribution in [-0.4, -0.2) is 45.0 Å². The van der Waals surface area contributed by atoms with E-state index < -0.39 is 27.9 Å². The van der Waals surface area contributed by atoms with Gasteiger partial charge in [-0.05, 0) is 43.2 Å². The Labute approximate surface area is 188 Å². The van der Waals surface area contributed by atoms with Crippen LogP contribution in [0, 0.1) is 0 Å². The molecule has 2 atom stereocenters. The van der Waals surface area contributed by atoms with Gasteiger partial charge in [-0.25, -0.2) is 9.36 Å². The highest BCUT2D eigenvalue weighted by Crippen LogP contribution is 2.42. The summed E-state index contributed by atoms with van der Waals surface area (Å²) >= 11 is 0. The molecule has 0 unspecified atom stereocenters. The number of aromatic amines is 1. The predicted octanol–water partition coefficient (Wildman–Crippen LogP) is 4.54. The lowest BCUT2D eigenvalue weighted by Gasteiger charge is -2.41. The van der Waals surface area contributed by atoms with Gasteiger partial charge in [0.2, 0.25) is 5.88 Å². The molecular formula is C22H40N2O5Si2. The molecule has 1 aliphatic heterocycles. The fraction of sp³-hybridized carbons (Fsp3) is 0.727. The first-order valence-electron chi connectivity index (χ1n) is 10.9. The molecule has 0 aromatic carbocycles. The number of hydrogen-bond acceptors (Lipinski definition) is 5. The number of nitrogens with one attached hydrogen (secondary N) is 1. The second kappa shape index (κ2) is 8.49. The van der Waals surface area contributed by atoms with E-state index in [2.05, 4.69) is 72.7 Å². The van der Waals surface area contributed by atoms with Crippen molar-refractivity contribution in [2.75, 3.05) is 6.61 Å². The Morgan fingerprint density at radius 3 is 2.06 bits per heavy atom. The van der Waals surface area contributed by atoms with Crippen molar-refractivity contribution < 1.29 is 13.6 Å². The number of ether oxygens (including phenoxy) is 1. The van der Waals surface area contributed by atoms with Gasteiger partial charge >= 0.3 is 5.69 Å². The average Bonchev–Trinajstić information content (AvgIpc) is 2.87. The molecule has 7 nitrogen and oxygen atoms in total. The summed E-state index contributed by atoms with van der Waals surface area (Å²) in [5, 5.41) is 0.0955. The number of nitrogens with zero attached hydrogens (tertiary/aromatic N) is 1. The van der Waals surface area contributed by atoms with E-state index in [-0.39, 0.29) is 22.3 Å². The minimum absolute atomic E-state index is 0.0235. The Morgan fingerprint density at radius 1 is 1.03 bits per heavy atom. The lowest BCUT2D eigenvalue weighted by atomic mass is 10.1. The van der Waals surface area contributed by atoms with Crippen molar-refractivity contribution in [2.45, 2.75) is 96.9 Å². The Hall–Kier alpha value is -1.43. The molecule has 1 aromatic rings. The van der Waals surface area contributed by atoms with E-state index >= 15 is 0 Å². The minimum atomic E-state index is -2.12. The Bertz CT molecular complexity index is 948. The van der Waals surface area contributed by atoms with Crippen LogP contribution in [0.5, 0.6) is 0 Å². The van der Waals surface area contributed by atoms with Crippen molar-refractivity contribution in [1.82, 2.24) is 9.55 Å². The van der Waals surface area contributed by atoms with Gasteiger partial charge in [0.1, 0.15) is 6.10 Å². The van der Waals surface area contributed by atoms with Gasteiger partial charge in [0.25, 0.3) is 5.56 Å². The maximum absolute atomic E-state index is 12.4. The number of hydrogen-bond donors (Lipinski definition) is 1. The van der Waals surface area contributed by atoms with E-state index in [0.29, 0.717) is 12.5 Å². The van der Waals surface area contributed by atoms with Crippen LogP contribution in [0.2, 0.25) is 36.3 Å². The first-order chi connectivity index (χ1) is 13.9. The summed E-state index contributed by atoms with van der Waals surface area (Å²) in [6.45, 7) is 24.3. The highest BCUT2D eigenvalue weighted by atomic mass is 28.4. The maximum atomic E-state index is 12.4. The summed E-state index contributed by atoms with van der Waals surface area (Å²) in [5.41, 5.74) is -0.133. The van der Waals surface area contributed by atoms with Crippen molar-refractivity contribution in [3.05, 3.63) is 38.7 Å². The van der Waals surface area contributed by atoms with Crippen LogP contribution in [-0.2, 0) is 13.6 Å². The molecule has 0 amide bonds. The van der Waals surface area contributed by atoms with Crippen LogP contribution in [0.25, 0.3) is 5.88 Å². The van der Waals surface area contributed by atoms with Crippen LogP contribution < -0.4 is 11.2 Å². The highest BCUT2D eigenvalue weighted by Gasteiger charge is 2.46. The van der Waals surface area contributed by atoms with E-state index in [1.54, 1.807) is 0 Å². The fourth-order valence-electron chi connectivity index (χ4n) is 2.81. The van der Waals surface area contributed by atoms with Crippen molar-refractivity contribution in [3.8, 4) is 0 Å². The van der Waals surface area contributed by atoms with Gasteiger partial charge in [0.15, 0.2) is 22.7 Å². The Morgan fingerprint density at radius 2 is 1.58 bits per heavy atom. The third-order valence-electron chi connectivity index (χ3n) is 7.05. The van der Waals surface area contributed by atoms with Gasteiger partial charge in [-0.1, -0.05) is 41.5 Å². The second-order valence-electron chi connectivity index (χ2n) is 11.5. The normalized spacial score (nSPS) is 20.9. The van der Waals surface area contributed by atoms with Gasteiger partial charge in [-0.2, -0.15) is 0 Å². The fourth-order valence-corrected chi connectivity index (χ4v) is 5.14. The maximum Gasteiger partial charge on any atom is 0.335 e. The Kier molecular flexibility index (Phi) is 7.08. The lowest BCUT2D eigenvalue weighted by molar-refractivity contribution is 0.0316. The lowest BCUT2D eigenvalue weighted by Crippen LogP contribution is -2.49. The third-order valence-corrected chi connectivity index (χ3v) is 16.0. The second-order valence-corrected chi connectivity index (χ2v) is 21.1. The molecule has 0 saturated carbocycles. The van der Waals surface area contributed by atoms with E-state index in [1.807, 2.05) is 6.92 Å². The molecule has 9 heteroatoms. The molecular weight excluding hydrogens is 428 g/mol. The van der Waals surface area contributed by atoms with Crippen molar-refractivity contribution in [3.63, 3.8) is 0 Å². The van der Waals surface area contributed by atoms with Gasteiger partial charge in [0.05, 0.1) is 6.61 Å². The zero-order chi connectivity index (χ0) is 24.0. The molecule has 176 valence electrons. The van der Waals surface area contributed by atoms with E-state index in [9.17, 15) is 9.59 Å². The summed E-state index contributed by atoms with van der Waals surface area (Å²) in [5.74, 6) is 0.411. The molecule has 0 bridgehead atoms. The van der Waals surface area contributed by atoms with Crippen molar-refractivity contribution >= 4 is 22.5 Å². The average molecular weight is 469 g/mol. The molecule has 31 heavy (non-hydrogen) atoms. The summed E-state index contributed by atoms with van der Waals surface area (Å²) in [6, 6.07) is 1.31. The first kappa shape index (κ1) is 25.8. The van der Waals surface area contributed by atoms with Gasteiger partial charge < -0.3 is 13.6 Å². The van der Waals surface area contributed by atoms with Crippen LogP contribution >= 0.6 is 0 Å². The molecule has 1 aliphatic rings. The molecule has 0 aliphatic carbocycles. The highest BCUT2D eigenvalue weighted by molar-refractivity contribution is 6.74. The summed E-state index contributed by atoms with van der Waals surface area (Å²) in [7, 11) is -4.12. The van der Waals surface area contributed by atoms with E-state index in [4.69, 9.17) is 13.6 Å². The summed E-state index contributed by atoms with van der Waals surface area (Å²) < 4.78 is 20.8. The van der Waals surface area contributed by atoms with Crippen LogP contribution in [0.3, 0.4) is 0 Å². The standard InChI is InChI=1S/C22H40N2O5Si2/c1-15-18(29-31(10,11)22(5,6)7)16(14-27-30(8,9)21(2,3)4)28-19(15)24-13-12-17(25)23-20(24)26/h12-13,16,18H,14H2,1-11H3,(H,23,25,26)/t16-,18+/m1/s1. The number of aromatic nitrogens is 2.